The molecule has 2 aromatic carbocycles. The third kappa shape index (κ3) is 4.60. The highest BCUT2D eigenvalue weighted by Crippen LogP contribution is 2.36. The maximum Gasteiger partial charge on any atom is 0.257 e. The molecule has 148 valence electrons. The summed E-state index contributed by atoms with van der Waals surface area (Å²) in [5, 5.41) is 9.90. The van der Waals surface area contributed by atoms with Crippen LogP contribution in [0.15, 0.2) is 65.0 Å². The van der Waals surface area contributed by atoms with Crippen molar-refractivity contribution in [1.82, 2.24) is 9.78 Å². The fourth-order valence-corrected chi connectivity index (χ4v) is 3.91. The molecule has 0 fully saturated rings. The van der Waals surface area contributed by atoms with Gasteiger partial charge in [-0.3, -0.25) is 9.48 Å². The molecule has 7 nitrogen and oxygen atoms in total. The zero-order chi connectivity index (χ0) is 20.2. The number of aromatic nitrogens is 2. The molecular weight excluding hydrogens is 410 g/mol. The van der Waals surface area contributed by atoms with Gasteiger partial charge in [0.05, 0.1) is 23.9 Å². The lowest BCUT2D eigenvalue weighted by Gasteiger charge is -2.10. The van der Waals surface area contributed by atoms with Crippen LogP contribution in [0, 0.1) is 0 Å². The van der Waals surface area contributed by atoms with Crippen molar-refractivity contribution in [2.24, 2.45) is 7.05 Å². The first-order chi connectivity index (χ1) is 14.1. The molecule has 0 bridgehead atoms. The minimum atomic E-state index is -0.245. The topological polar surface area (TPSA) is 74.6 Å². The fourth-order valence-electron chi connectivity index (χ4n) is 2.69. The van der Waals surface area contributed by atoms with Crippen LogP contribution in [0.2, 0.25) is 0 Å². The molecular formula is C20H17N3O4S2. The number of benzene rings is 2. The van der Waals surface area contributed by atoms with Crippen LogP contribution in [-0.4, -0.2) is 22.8 Å². The van der Waals surface area contributed by atoms with E-state index in [1.165, 1.54) is 7.11 Å². The second kappa shape index (κ2) is 8.66. The highest BCUT2D eigenvalue weighted by Gasteiger charge is 2.14. The quantitative estimate of drug-likeness (QED) is 0.246. The number of anilines is 1. The van der Waals surface area contributed by atoms with E-state index in [0.29, 0.717) is 22.9 Å². The Morgan fingerprint density at radius 3 is 2.72 bits per heavy atom. The van der Waals surface area contributed by atoms with E-state index in [9.17, 15) is 4.79 Å². The standard InChI is InChI=1S/C20H17N3O4S2/c1-23-9-7-18(22-23)21-20(24)14-11-13-8-10-28-19(13)17(12-14)26-15-3-5-16(6-4-15)29-27-25-2/h3-12H,1-2H3,(H,21,22,24). The summed E-state index contributed by atoms with van der Waals surface area (Å²) >= 11 is 2.67. The second-order valence-electron chi connectivity index (χ2n) is 6.03. The van der Waals surface area contributed by atoms with Gasteiger partial charge in [-0.2, -0.15) is 9.43 Å². The van der Waals surface area contributed by atoms with E-state index in [-0.39, 0.29) is 5.91 Å². The maximum atomic E-state index is 12.7. The number of rotatable bonds is 7. The molecule has 29 heavy (non-hydrogen) atoms. The summed E-state index contributed by atoms with van der Waals surface area (Å²) in [5.74, 6) is 1.53. The van der Waals surface area contributed by atoms with Gasteiger partial charge in [0.2, 0.25) is 0 Å². The highest BCUT2D eigenvalue weighted by molar-refractivity contribution is 7.94. The van der Waals surface area contributed by atoms with Gasteiger partial charge in [-0.1, -0.05) is 0 Å². The molecule has 0 spiro atoms. The molecule has 4 aromatic rings. The molecule has 0 aliphatic carbocycles. The molecule has 9 heteroatoms. The van der Waals surface area contributed by atoms with Crippen LogP contribution in [0.25, 0.3) is 10.1 Å². The minimum Gasteiger partial charge on any atom is -0.456 e. The van der Waals surface area contributed by atoms with Crippen LogP contribution in [0.3, 0.4) is 0 Å². The predicted octanol–water partition coefficient (Wildman–Crippen LogP) is 5.26. The molecule has 0 aliphatic heterocycles. The number of nitrogens with one attached hydrogen (secondary N) is 1. The van der Waals surface area contributed by atoms with Crippen molar-refractivity contribution in [2.75, 3.05) is 12.4 Å². The molecule has 0 saturated carbocycles. The third-order valence-corrected chi connectivity index (χ3v) is 5.60. The normalized spacial score (nSPS) is 11.0. The number of nitrogens with zero attached hydrogens (tertiary/aromatic N) is 2. The van der Waals surface area contributed by atoms with E-state index in [2.05, 4.69) is 15.3 Å². The summed E-state index contributed by atoms with van der Waals surface area (Å²) in [5.41, 5.74) is 0.497. The Labute approximate surface area is 175 Å². The summed E-state index contributed by atoms with van der Waals surface area (Å²) in [6, 6.07) is 14.7. The smallest absolute Gasteiger partial charge is 0.257 e. The predicted molar refractivity (Wildman–Crippen MR) is 113 cm³/mol. The SMILES string of the molecule is COOSc1ccc(Oc2cc(C(=O)Nc3ccn(C)n3)cc3ccsc23)cc1. The first-order valence-corrected chi connectivity index (χ1v) is 10.2. The van der Waals surface area contributed by atoms with Crippen molar-refractivity contribution >= 4 is 45.2 Å². The van der Waals surface area contributed by atoms with E-state index in [1.807, 2.05) is 41.8 Å². The molecule has 1 N–H and O–H groups in total. The number of hydrogen-bond donors (Lipinski definition) is 1. The highest BCUT2D eigenvalue weighted by atomic mass is 32.2. The van der Waals surface area contributed by atoms with E-state index in [4.69, 9.17) is 9.07 Å². The summed E-state index contributed by atoms with van der Waals surface area (Å²) < 4.78 is 13.5. The monoisotopic (exact) mass is 427 g/mol. The summed E-state index contributed by atoms with van der Waals surface area (Å²) in [6.45, 7) is 0. The van der Waals surface area contributed by atoms with E-state index in [1.54, 1.807) is 41.4 Å². The number of carbonyl (C=O) groups is 1. The lowest BCUT2D eigenvalue weighted by molar-refractivity contribution is -0.160. The van der Waals surface area contributed by atoms with Gasteiger partial charge in [0.25, 0.3) is 5.91 Å². The second-order valence-corrected chi connectivity index (χ2v) is 7.72. The number of hydrogen-bond acceptors (Lipinski definition) is 7. The van der Waals surface area contributed by atoms with Gasteiger partial charge in [-0.25, -0.2) is 4.89 Å². The zero-order valence-corrected chi connectivity index (χ0v) is 17.3. The third-order valence-electron chi connectivity index (χ3n) is 3.98. The molecule has 0 saturated heterocycles. The van der Waals surface area contributed by atoms with Crippen molar-refractivity contribution in [1.29, 1.82) is 0 Å². The molecule has 0 unspecified atom stereocenters. The number of amides is 1. The lowest BCUT2D eigenvalue weighted by Crippen LogP contribution is -2.12. The molecule has 4 rings (SSSR count). The van der Waals surface area contributed by atoms with Crippen LogP contribution < -0.4 is 10.1 Å². The Hall–Kier alpha value is -2.85. The summed E-state index contributed by atoms with van der Waals surface area (Å²) in [6.07, 6.45) is 1.77. The van der Waals surface area contributed by atoms with Gasteiger partial charge in [0.1, 0.15) is 11.5 Å². The largest absolute Gasteiger partial charge is 0.456 e. The van der Waals surface area contributed by atoms with Crippen LogP contribution in [0.1, 0.15) is 10.4 Å². The lowest BCUT2D eigenvalue weighted by atomic mass is 10.1. The zero-order valence-electron chi connectivity index (χ0n) is 15.6. The Morgan fingerprint density at radius 2 is 2.00 bits per heavy atom. The van der Waals surface area contributed by atoms with E-state index in [0.717, 1.165) is 27.0 Å². The average molecular weight is 428 g/mol. The Bertz CT molecular complexity index is 1140. The van der Waals surface area contributed by atoms with Crippen molar-refractivity contribution in [3.8, 4) is 11.5 Å². The first kappa shape index (κ1) is 19.5. The number of thiophene rings is 1. The van der Waals surface area contributed by atoms with E-state index >= 15 is 0 Å². The minimum absolute atomic E-state index is 0.245. The van der Waals surface area contributed by atoms with Gasteiger partial charge in [-0.15, -0.1) is 11.3 Å². The van der Waals surface area contributed by atoms with Crippen LogP contribution in [0.5, 0.6) is 11.5 Å². The number of carbonyl (C=O) groups excluding carboxylic acids is 1. The average Bonchev–Trinajstić information content (AvgIpc) is 3.36. The van der Waals surface area contributed by atoms with Crippen molar-refractivity contribution in [3.05, 3.63) is 65.7 Å². The molecule has 0 radical (unpaired) electrons. The summed E-state index contributed by atoms with van der Waals surface area (Å²) in [7, 11) is 3.25. The van der Waals surface area contributed by atoms with Gasteiger partial charge in [0, 0.05) is 29.8 Å². The van der Waals surface area contributed by atoms with E-state index < -0.39 is 0 Å². The van der Waals surface area contributed by atoms with Crippen molar-refractivity contribution in [2.45, 2.75) is 4.90 Å². The molecule has 2 heterocycles. The first-order valence-electron chi connectivity index (χ1n) is 8.60. The number of aryl methyl sites for hydroxylation is 1. The van der Waals surface area contributed by atoms with Gasteiger partial charge >= 0.3 is 0 Å². The Morgan fingerprint density at radius 1 is 1.17 bits per heavy atom. The van der Waals surface area contributed by atoms with Gasteiger partial charge < -0.3 is 10.1 Å². The van der Waals surface area contributed by atoms with Crippen molar-refractivity contribution in [3.63, 3.8) is 0 Å². The molecule has 1 amide bonds. The molecule has 0 atom stereocenters. The van der Waals surface area contributed by atoms with Crippen LogP contribution >= 0.6 is 23.4 Å². The fraction of sp³-hybridized carbons (Fsp3) is 0.100. The van der Waals surface area contributed by atoms with Crippen LogP contribution in [0.4, 0.5) is 5.82 Å². The number of ether oxygens (including phenoxy) is 1. The Kier molecular flexibility index (Phi) is 5.81. The molecule has 0 aliphatic rings. The number of fused-ring (bicyclic) bond motifs is 1. The van der Waals surface area contributed by atoms with Crippen molar-refractivity contribution < 1.29 is 18.8 Å². The van der Waals surface area contributed by atoms with Crippen LogP contribution in [-0.2, 0) is 16.3 Å². The van der Waals surface area contributed by atoms with Gasteiger partial charge in [-0.05, 0) is 53.2 Å². The van der Waals surface area contributed by atoms with Gasteiger partial charge in [0.15, 0.2) is 5.82 Å². The summed E-state index contributed by atoms with van der Waals surface area (Å²) in [4.78, 5) is 18.2. The maximum absolute atomic E-state index is 12.7. The Balaban J connectivity index is 1.58. The molecule has 2 aromatic heterocycles.